The van der Waals surface area contributed by atoms with Gasteiger partial charge in [-0.2, -0.15) is 0 Å². The molecule has 1 atom stereocenters. The molecule has 0 aliphatic carbocycles. The molecule has 0 bridgehead atoms. The van der Waals surface area contributed by atoms with Crippen LogP contribution in [0.25, 0.3) is 0 Å². The van der Waals surface area contributed by atoms with E-state index in [1.54, 1.807) is 0 Å². The lowest BCUT2D eigenvalue weighted by Crippen LogP contribution is -2.05. The molecule has 0 saturated heterocycles. The van der Waals surface area contributed by atoms with Crippen LogP contribution in [0.3, 0.4) is 0 Å². The highest BCUT2D eigenvalue weighted by molar-refractivity contribution is 9.10. The van der Waals surface area contributed by atoms with Gasteiger partial charge in [0.25, 0.3) is 0 Å². The molecule has 2 rings (SSSR count). The summed E-state index contributed by atoms with van der Waals surface area (Å²) in [6, 6.07) is 9.37. The van der Waals surface area contributed by atoms with Crippen LogP contribution in [0.4, 0.5) is 8.78 Å². The first-order valence-corrected chi connectivity index (χ1v) is 7.13. The van der Waals surface area contributed by atoms with Crippen molar-refractivity contribution in [2.45, 2.75) is 12.5 Å². The predicted octanol–water partition coefficient (Wildman–Crippen LogP) is 4.77. The quantitative estimate of drug-likeness (QED) is 0.747. The Bertz CT molecular complexity index is 602. The number of hydrogen-bond acceptors (Lipinski definition) is 1. The lowest BCUT2D eigenvalue weighted by molar-refractivity contribution is 0.173. The third kappa shape index (κ3) is 3.61. The van der Waals surface area contributed by atoms with Crippen molar-refractivity contribution >= 4 is 31.9 Å². The fraction of sp³-hybridized carbons (Fsp3) is 0.143. The molecule has 0 aromatic heterocycles. The summed E-state index contributed by atoms with van der Waals surface area (Å²) in [6.45, 7) is 0. The van der Waals surface area contributed by atoms with E-state index in [9.17, 15) is 13.9 Å². The SMILES string of the molecule is OC(Cc1cccc(Br)c1)c1cc(F)c(Br)cc1F. The minimum absolute atomic E-state index is 0.0410. The van der Waals surface area contributed by atoms with E-state index in [1.807, 2.05) is 24.3 Å². The molecular weight excluding hydrogens is 382 g/mol. The first kappa shape index (κ1) is 14.6. The molecule has 2 aromatic carbocycles. The van der Waals surface area contributed by atoms with Crippen molar-refractivity contribution in [2.24, 2.45) is 0 Å². The fourth-order valence-corrected chi connectivity index (χ4v) is 2.55. The molecule has 5 heteroatoms. The number of hydrogen-bond donors (Lipinski definition) is 1. The average Bonchev–Trinajstić information content (AvgIpc) is 2.33. The van der Waals surface area contributed by atoms with Crippen LogP contribution in [0.15, 0.2) is 45.3 Å². The van der Waals surface area contributed by atoms with E-state index in [4.69, 9.17) is 0 Å². The maximum absolute atomic E-state index is 13.7. The van der Waals surface area contributed by atoms with Crippen molar-refractivity contribution in [1.82, 2.24) is 0 Å². The molecule has 0 fully saturated rings. The van der Waals surface area contributed by atoms with E-state index in [0.29, 0.717) is 0 Å². The molecule has 100 valence electrons. The Morgan fingerprint density at radius 3 is 2.47 bits per heavy atom. The highest BCUT2D eigenvalue weighted by Gasteiger charge is 2.16. The highest BCUT2D eigenvalue weighted by atomic mass is 79.9. The van der Waals surface area contributed by atoms with E-state index in [1.165, 1.54) is 0 Å². The molecule has 0 aliphatic heterocycles. The Labute approximate surface area is 126 Å². The van der Waals surface area contributed by atoms with Crippen LogP contribution in [0.5, 0.6) is 0 Å². The minimum atomic E-state index is -1.09. The van der Waals surface area contributed by atoms with E-state index in [2.05, 4.69) is 31.9 Å². The number of halogens is 4. The van der Waals surface area contributed by atoms with Gasteiger partial charge in [-0.1, -0.05) is 28.1 Å². The normalized spacial score (nSPS) is 12.5. The monoisotopic (exact) mass is 390 g/mol. The fourth-order valence-electron chi connectivity index (χ4n) is 1.79. The molecule has 0 heterocycles. The largest absolute Gasteiger partial charge is 0.388 e. The Morgan fingerprint density at radius 1 is 1.05 bits per heavy atom. The third-order valence-corrected chi connectivity index (χ3v) is 3.82. The maximum atomic E-state index is 13.7. The van der Waals surface area contributed by atoms with Gasteiger partial charge < -0.3 is 5.11 Å². The molecule has 0 amide bonds. The average molecular weight is 392 g/mol. The summed E-state index contributed by atoms with van der Waals surface area (Å²) in [6.07, 6.45) is -0.867. The molecule has 1 N–H and O–H groups in total. The molecule has 1 unspecified atom stereocenters. The maximum Gasteiger partial charge on any atom is 0.137 e. The van der Waals surface area contributed by atoms with Gasteiger partial charge in [-0.3, -0.25) is 0 Å². The predicted molar refractivity (Wildman–Crippen MR) is 76.9 cm³/mol. The number of rotatable bonds is 3. The Balaban J connectivity index is 2.25. The van der Waals surface area contributed by atoms with Gasteiger partial charge in [-0.05, 0) is 45.8 Å². The molecule has 0 saturated carbocycles. The van der Waals surface area contributed by atoms with Gasteiger partial charge in [0, 0.05) is 16.5 Å². The molecule has 0 radical (unpaired) electrons. The molecule has 1 nitrogen and oxygen atoms in total. The van der Waals surface area contributed by atoms with Crippen LogP contribution < -0.4 is 0 Å². The van der Waals surface area contributed by atoms with Crippen molar-refractivity contribution in [3.05, 3.63) is 68.1 Å². The second-order valence-corrected chi connectivity index (χ2v) is 5.91. The van der Waals surface area contributed by atoms with Gasteiger partial charge in [0.1, 0.15) is 11.6 Å². The Kier molecular flexibility index (Phi) is 4.71. The first-order chi connectivity index (χ1) is 8.97. The summed E-state index contributed by atoms with van der Waals surface area (Å²) < 4.78 is 28.0. The second-order valence-electron chi connectivity index (χ2n) is 4.14. The van der Waals surface area contributed by atoms with Crippen molar-refractivity contribution in [3.63, 3.8) is 0 Å². The minimum Gasteiger partial charge on any atom is -0.388 e. The van der Waals surface area contributed by atoms with E-state index in [0.717, 1.165) is 22.2 Å². The zero-order valence-electron chi connectivity index (χ0n) is 9.71. The smallest absolute Gasteiger partial charge is 0.137 e. The van der Waals surface area contributed by atoms with Crippen LogP contribution >= 0.6 is 31.9 Å². The molecular formula is C14H10Br2F2O. The molecule has 2 aromatic rings. The summed E-state index contributed by atoms with van der Waals surface area (Å²) in [5.41, 5.74) is 0.797. The number of aliphatic hydroxyl groups is 1. The van der Waals surface area contributed by atoms with Crippen LogP contribution in [0.2, 0.25) is 0 Å². The van der Waals surface area contributed by atoms with Gasteiger partial charge in [0.05, 0.1) is 10.6 Å². The summed E-state index contributed by atoms with van der Waals surface area (Å²) in [5, 5.41) is 10.0. The molecule has 0 aliphatic rings. The lowest BCUT2D eigenvalue weighted by atomic mass is 10.0. The number of aliphatic hydroxyl groups excluding tert-OH is 1. The standard InChI is InChI=1S/C14H10Br2F2O/c15-9-3-1-2-8(4-9)5-14(19)10-6-13(18)11(16)7-12(10)17/h1-4,6-7,14,19H,5H2. The van der Waals surface area contributed by atoms with Gasteiger partial charge in [-0.15, -0.1) is 0 Å². The van der Waals surface area contributed by atoms with Crippen LogP contribution in [0, 0.1) is 11.6 Å². The van der Waals surface area contributed by atoms with Crippen molar-refractivity contribution < 1.29 is 13.9 Å². The number of benzene rings is 2. The van der Waals surface area contributed by atoms with Crippen molar-refractivity contribution in [1.29, 1.82) is 0 Å². The first-order valence-electron chi connectivity index (χ1n) is 5.54. The molecule has 19 heavy (non-hydrogen) atoms. The molecule has 0 spiro atoms. The highest BCUT2D eigenvalue weighted by Crippen LogP contribution is 2.27. The van der Waals surface area contributed by atoms with Gasteiger partial charge in [-0.25, -0.2) is 8.78 Å². The Morgan fingerprint density at radius 2 is 1.79 bits per heavy atom. The van der Waals surface area contributed by atoms with Crippen LogP contribution in [-0.2, 0) is 6.42 Å². The zero-order valence-corrected chi connectivity index (χ0v) is 12.9. The van der Waals surface area contributed by atoms with Gasteiger partial charge in [0.2, 0.25) is 0 Å². The Hall–Kier alpha value is -0.780. The van der Waals surface area contributed by atoms with Crippen molar-refractivity contribution in [3.8, 4) is 0 Å². The van der Waals surface area contributed by atoms with Crippen LogP contribution in [0.1, 0.15) is 17.2 Å². The van der Waals surface area contributed by atoms with Crippen molar-refractivity contribution in [2.75, 3.05) is 0 Å². The summed E-state index contributed by atoms with van der Waals surface area (Å²) >= 11 is 6.22. The topological polar surface area (TPSA) is 20.2 Å². The van der Waals surface area contributed by atoms with Gasteiger partial charge in [0.15, 0.2) is 0 Å². The van der Waals surface area contributed by atoms with E-state index >= 15 is 0 Å². The zero-order chi connectivity index (χ0) is 14.0. The second kappa shape index (κ2) is 6.11. The van der Waals surface area contributed by atoms with Crippen LogP contribution in [-0.4, -0.2) is 5.11 Å². The van der Waals surface area contributed by atoms with E-state index in [-0.39, 0.29) is 16.5 Å². The van der Waals surface area contributed by atoms with E-state index < -0.39 is 17.7 Å². The lowest BCUT2D eigenvalue weighted by Gasteiger charge is -2.13. The van der Waals surface area contributed by atoms with Gasteiger partial charge >= 0.3 is 0 Å². The summed E-state index contributed by atoms with van der Waals surface area (Å²) in [7, 11) is 0. The summed E-state index contributed by atoms with van der Waals surface area (Å²) in [4.78, 5) is 0. The summed E-state index contributed by atoms with van der Waals surface area (Å²) in [5.74, 6) is -1.22. The third-order valence-electron chi connectivity index (χ3n) is 2.72.